The number of nitro benzene ring substituents is 1. The highest BCUT2D eigenvalue weighted by molar-refractivity contribution is 6.00. The molecule has 108 valence electrons. The summed E-state index contributed by atoms with van der Waals surface area (Å²) >= 11 is 0. The van der Waals surface area contributed by atoms with Crippen LogP contribution in [0.5, 0.6) is 0 Å². The molecule has 8 heteroatoms. The molecule has 0 saturated carbocycles. The Hall–Kier alpha value is -2.80. The quantitative estimate of drug-likeness (QED) is 0.671. The smallest absolute Gasteiger partial charge is 0.259 e. The van der Waals surface area contributed by atoms with Gasteiger partial charge in [0.15, 0.2) is 5.84 Å². The highest BCUT2D eigenvalue weighted by atomic mass is 35.5. The fraction of sp³-hybridized carbons (Fsp3) is 0. The van der Waals surface area contributed by atoms with Gasteiger partial charge < -0.3 is 0 Å². The van der Waals surface area contributed by atoms with Gasteiger partial charge in [0.25, 0.3) is 5.69 Å². The van der Waals surface area contributed by atoms with Crippen molar-refractivity contribution in [2.45, 2.75) is 0 Å². The molecule has 21 heavy (non-hydrogen) atoms. The summed E-state index contributed by atoms with van der Waals surface area (Å²) in [5.74, 6) is 0.684. The Morgan fingerprint density at radius 1 is 1.05 bits per heavy atom. The minimum absolute atomic E-state index is 0. The van der Waals surface area contributed by atoms with Crippen molar-refractivity contribution in [1.82, 2.24) is 11.0 Å². The Labute approximate surface area is 126 Å². The summed E-state index contributed by atoms with van der Waals surface area (Å²) in [5, 5.41) is 16.4. The van der Waals surface area contributed by atoms with Crippen molar-refractivity contribution in [2.75, 3.05) is 5.12 Å². The first-order valence-corrected chi connectivity index (χ1v) is 5.94. The van der Waals surface area contributed by atoms with Crippen LogP contribution in [0.25, 0.3) is 0 Å². The molecule has 0 amide bonds. The third-order valence-electron chi connectivity index (χ3n) is 2.85. The number of hydrazone groups is 1. The van der Waals surface area contributed by atoms with Crippen molar-refractivity contribution in [3.05, 3.63) is 70.3 Å². The van der Waals surface area contributed by atoms with E-state index in [-0.39, 0.29) is 18.1 Å². The zero-order valence-corrected chi connectivity index (χ0v) is 11.6. The van der Waals surface area contributed by atoms with Gasteiger partial charge in [0.05, 0.1) is 10.6 Å². The van der Waals surface area contributed by atoms with E-state index in [1.165, 1.54) is 12.1 Å². The molecule has 0 aromatic heterocycles. The number of rotatable bonds is 3. The zero-order chi connectivity index (χ0) is 13.9. The number of hydrogen-bond donors (Lipinski definition) is 2. The molecule has 0 saturated heterocycles. The van der Waals surface area contributed by atoms with Crippen LogP contribution >= 0.6 is 12.4 Å². The summed E-state index contributed by atoms with van der Waals surface area (Å²) in [7, 11) is 0. The molecule has 2 aromatic carbocycles. The molecule has 7 nitrogen and oxygen atoms in total. The van der Waals surface area contributed by atoms with Gasteiger partial charge in [-0.05, 0) is 12.1 Å². The average molecular weight is 306 g/mol. The fourth-order valence-corrected chi connectivity index (χ4v) is 1.83. The monoisotopic (exact) mass is 305 g/mol. The molecular formula is C13H12ClN5O2. The number of hydrazine groups is 2. The first kappa shape index (κ1) is 14.6. The van der Waals surface area contributed by atoms with Gasteiger partial charge in [-0.3, -0.25) is 15.5 Å². The molecule has 0 fully saturated rings. The maximum absolute atomic E-state index is 10.6. The number of nitro groups is 1. The van der Waals surface area contributed by atoms with Crippen molar-refractivity contribution in [1.29, 1.82) is 0 Å². The summed E-state index contributed by atoms with van der Waals surface area (Å²) in [6, 6.07) is 15.8. The first-order valence-electron chi connectivity index (χ1n) is 5.94. The van der Waals surface area contributed by atoms with E-state index in [9.17, 15) is 10.1 Å². The van der Waals surface area contributed by atoms with E-state index in [0.717, 1.165) is 11.3 Å². The molecule has 0 atom stereocenters. The normalized spacial score (nSPS) is 12.8. The Kier molecular flexibility index (Phi) is 4.24. The van der Waals surface area contributed by atoms with Crippen LogP contribution in [0.2, 0.25) is 0 Å². The lowest BCUT2D eigenvalue weighted by Crippen LogP contribution is -2.41. The van der Waals surface area contributed by atoms with Crippen molar-refractivity contribution < 1.29 is 4.92 Å². The lowest BCUT2D eigenvalue weighted by Gasteiger charge is -2.17. The minimum Gasteiger partial charge on any atom is -0.259 e. The maximum Gasteiger partial charge on any atom is 0.269 e. The van der Waals surface area contributed by atoms with Crippen LogP contribution in [0.15, 0.2) is 59.7 Å². The predicted molar refractivity (Wildman–Crippen MR) is 82.1 cm³/mol. The number of nitrogens with one attached hydrogen (secondary N) is 2. The molecule has 1 heterocycles. The standard InChI is InChI=1S/C13H11N5O2.ClH/c19-18(20)12-8-6-11(7-9-12)17-15-13(14-16-17)10-4-2-1-3-5-10;/h1-9,16H,(H,14,15);1H. The highest BCUT2D eigenvalue weighted by Gasteiger charge is 2.17. The third-order valence-corrected chi connectivity index (χ3v) is 2.85. The van der Waals surface area contributed by atoms with Gasteiger partial charge in [-0.15, -0.1) is 17.5 Å². The van der Waals surface area contributed by atoms with E-state index in [1.807, 2.05) is 30.3 Å². The van der Waals surface area contributed by atoms with Gasteiger partial charge in [0.2, 0.25) is 0 Å². The Morgan fingerprint density at radius 3 is 2.33 bits per heavy atom. The lowest BCUT2D eigenvalue weighted by molar-refractivity contribution is -0.384. The van der Waals surface area contributed by atoms with E-state index < -0.39 is 4.92 Å². The molecule has 2 aromatic rings. The Morgan fingerprint density at radius 2 is 1.71 bits per heavy atom. The fourth-order valence-electron chi connectivity index (χ4n) is 1.83. The van der Waals surface area contributed by atoms with Gasteiger partial charge in [-0.2, -0.15) is 10.7 Å². The minimum atomic E-state index is -0.430. The van der Waals surface area contributed by atoms with Crippen molar-refractivity contribution in [2.24, 2.45) is 5.10 Å². The van der Waals surface area contributed by atoms with Crippen LogP contribution in [0.1, 0.15) is 5.56 Å². The summed E-state index contributed by atoms with van der Waals surface area (Å²) in [6.07, 6.45) is 0. The first-order chi connectivity index (χ1) is 9.74. The van der Waals surface area contributed by atoms with Crippen LogP contribution in [-0.4, -0.2) is 10.8 Å². The van der Waals surface area contributed by atoms with Gasteiger partial charge in [0, 0.05) is 17.7 Å². The lowest BCUT2D eigenvalue weighted by atomic mass is 10.2. The Bertz CT molecular complexity index is 660. The molecule has 0 radical (unpaired) electrons. The van der Waals surface area contributed by atoms with E-state index in [2.05, 4.69) is 16.1 Å². The topological polar surface area (TPSA) is 82.8 Å². The summed E-state index contributed by atoms with van der Waals surface area (Å²) in [4.78, 5) is 10.2. The number of benzene rings is 2. The van der Waals surface area contributed by atoms with Crippen LogP contribution in [-0.2, 0) is 0 Å². The van der Waals surface area contributed by atoms with Crippen LogP contribution in [0.3, 0.4) is 0 Å². The van der Waals surface area contributed by atoms with E-state index in [1.54, 1.807) is 17.3 Å². The number of anilines is 1. The van der Waals surface area contributed by atoms with Crippen molar-refractivity contribution in [3.63, 3.8) is 0 Å². The summed E-state index contributed by atoms with van der Waals surface area (Å²) in [6.45, 7) is 0. The number of hydrogen-bond acceptors (Lipinski definition) is 6. The average Bonchev–Trinajstić information content (AvgIpc) is 2.98. The Balaban J connectivity index is 0.00000161. The zero-order valence-electron chi connectivity index (χ0n) is 10.8. The molecule has 1 aliphatic heterocycles. The van der Waals surface area contributed by atoms with Crippen LogP contribution in [0, 0.1) is 10.1 Å². The highest BCUT2D eigenvalue weighted by Crippen LogP contribution is 2.18. The van der Waals surface area contributed by atoms with Gasteiger partial charge in [-0.25, -0.2) is 0 Å². The second kappa shape index (κ2) is 6.10. The summed E-state index contributed by atoms with van der Waals surface area (Å²) in [5.41, 5.74) is 7.61. The number of halogens is 1. The second-order valence-corrected chi connectivity index (χ2v) is 4.15. The van der Waals surface area contributed by atoms with E-state index in [4.69, 9.17) is 0 Å². The molecular weight excluding hydrogens is 294 g/mol. The molecule has 2 N–H and O–H groups in total. The molecule has 0 unspecified atom stereocenters. The van der Waals surface area contributed by atoms with E-state index >= 15 is 0 Å². The van der Waals surface area contributed by atoms with Crippen molar-refractivity contribution >= 4 is 29.6 Å². The van der Waals surface area contributed by atoms with Gasteiger partial charge in [0.1, 0.15) is 0 Å². The maximum atomic E-state index is 10.6. The molecule has 0 aliphatic carbocycles. The number of amidine groups is 1. The van der Waals surface area contributed by atoms with E-state index in [0.29, 0.717) is 5.84 Å². The molecule has 3 rings (SSSR count). The second-order valence-electron chi connectivity index (χ2n) is 4.15. The van der Waals surface area contributed by atoms with Crippen LogP contribution < -0.4 is 16.1 Å². The SMILES string of the molecule is Cl.O=[N+]([O-])c1ccc(N2NN=C(c3ccccc3)N2)cc1. The van der Waals surface area contributed by atoms with Crippen LogP contribution in [0.4, 0.5) is 11.4 Å². The molecule has 1 aliphatic rings. The number of non-ortho nitro benzene ring substituents is 1. The third kappa shape index (κ3) is 3.03. The molecule has 0 bridgehead atoms. The van der Waals surface area contributed by atoms with Gasteiger partial charge in [-0.1, -0.05) is 30.3 Å². The summed E-state index contributed by atoms with van der Waals surface area (Å²) < 4.78 is 0. The predicted octanol–water partition coefficient (Wildman–Crippen LogP) is 2.21. The van der Waals surface area contributed by atoms with Gasteiger partial charge >= 0.3 is 0 Å². The van der Waals surface area contributed by atoms with Crippen molar-refractivity contribution in [3.8, 4) is 0 Å². The number of nitrogens with zero attached hydrogens (tertiary/aromatic N) is 3. The largest absolute Gasteiger partial charge is 0.269 e. The molecule has 0 spiro atoms.